The Morgan fingerprint density at radius 3 is 2.30 bits per heavy atom. The molecule has 20 heavy (non-hydrogen) atoms. The molecule has 0 bridgehead atoms. The van der Waals surface area contributed by atoms with E-state index in [-0.39, 0.29) is 5.56 Å². The number of halogens is 2. The van der Waals surface area contributed by atoms with E-state index in [0.717, 1.165) is 12.0 Å². The van der Waals surface area contributed by atoms with Crippen LogP contribution in [0.15, 0.2) is 42.5 Å². The predicted octanol–water partition coefficient (Wildman–Crippen LogP) is 4.38. The minimum Gasteiger partial charge on any atom is -0.399 e. The van der Waals surface area contributed by atoms with Crippen LogP contribution in [-0.2, 0) is 13.0 Å². The Balaban J connectivity index is 2.10. The number of rotatable bonds is 5. The molecule has 0 spiro atoms. The fraction of sp³-hybridized carbons (Fsp3) is 0.250. The SMILES string of the molecule is CCc1ccc(CNc2ccc(N)cc2C(F)F)cc1. The highest BCUT2D eigenvalue weighted by atomic mass is 19.3. The third-order valence-electron chi connectivity index (χ3n) is 3.22. The number of anilines is 2. The van der Waals surface area contributed by atoms with E-state index in [1.807, 2.05) is 24.3 Å². The van der Waals surface area contributed by atoms with Crippen molar-refractivity contribution in [1.82, 2.24) is 0 Å². The summed E-state index contributed by atoms with van der Waals surface area (Å²) in [6.07, 6.45) is -1.55. The molecule has 106 valence electrons. The van der Waals surface area contributed by atoms with Crippen molar-refractivity contribution in [2.24, 2.45) is 0 Å². The van der Waals surface area contributed by atoms with Gasteiger partial charge >= 0.3 is 0 Å². The largest absolute Gasteiger partial charge is 0.399 e. The van der Waals surface area contributed by atoms with E-state index in [0.29, 0.717) is 17.9 Å². The van der Waals surface area contributed by atoms with Crippen LogP contribution in [0.4, 0.5) is 20.2 Å². The average Bonchev–Trinajstić information content (AvgIpc) is 2.46. The van der Waals surface area contributed by atoms with E-state index in [9.17, 15) is 8.78 Å². The summed E-state index contributed by atoms with van der Waals surface area (Å²) in [5.41, 5.74) is 8.57. The first-order valence-electron chi connectivity index (χ1n) is 6.59. The fourth-order valence-electron chi connectivity index (χ4n) is 2.01. The van der Waals surface area contributed by atoms with Crippen LogP contribution in [0.2, 0.25) is 0 Å². The number of aryl methyl sites for hydroxylation is 1. The minimum absolute atomic E-state index is 0.0600. The quantitative estimate of drug-likeness (QED) is 0.795. The van der Waals surface area contributed by atoms with E-state index < -0.39 is 6.43 Å². The van der Waals surface area contributed by atoms with Gasteiger partial charge in [0.2, 0.25) is 0 Å². The number of nitrogen functional groups attached to an aromatic ring is 1. The fourth-order valence-corrected chi connectivity index (χ4v) is 2.01. The molecule has 0 fully saturated rings. The summed E-state index contributed by atoms with van der Waals surface area (Å²) < 4.78 is 25.9. The van der Waals surface area contributed by atoms with Gasteiger partial charge in [-0.15, -0.1) is 0 Å². The summed E-state index contributed by atoms with van der Waals surface area (Å²) in [5.74, 6) is 0. The average molecular weight is 276 g/mol. The van der Waals surface area contributed by atoms with Crippen LogP contribution < -0.4 is 11.1 Å². The molecule has 0 radical (unpaired) electrons. The van der Waals surface area contributed by atoms with E-state index in [1.54, 1.807) is 12.1 Å². The molecule has 0 amide bonds. The zero-order chi connectivity index (χ0) is 14.5. The standard InChI is InChI=1S/C16H18F2N2/c1-2-11-3-5-12(6-4-11)10-20-15-8-7-13(19)9-14(15)16(17)18/h3-9,16,20H,2,10,19H2,1H3. The Morgan fingerprint density at radius 2 is 1.70 bits per heavy atom. The summed E-state index contributed by atoms with van der Waals surface area (Å²) >= 11 is 0. The first kappa shape index (κ1) is 14.3. The summed E-state index contributed by atoms with van der Waals surface area (Å²) in [6, 6.07) is 12.6. The molecule has 0 aliphatic carbocycles. The molecule has 0 aliphatic rings. The monoisotopic (exact) mass is 276 g/mol. The maximum atomic E-state index is 12.9. The molecular weight excluding hydrogens is 258 g/mol. The maximum Gasteiger partial charge on any atom is 0.265 e. The number of nitrogens with one attached hydrogen (secondary N) is 1. The van der Waals surface area contributed by atoms with Crippen molar-refractivity contribution >= 4 is 11.4 Å². The van der Waals surface area contributed by atoms with Crippen molar-refractivity contribution in [3.8, 4) is 0 Å². The molecule has 0 aliphatic heterocycles. The molecule has 0 saturated heterocycles. The summed E-state index contributed by atoms with van der Waals surface area (Å²) in [4.78, 5) is 0. The van der Waals surface area contributed by atoms with Crippen molar-refractivity contribution in [3.63, 3.8) is 0 Å². The zero-order valence-electron chi connectivity index (χ0n) is 11.4. The van der Waals surface area contributed by atoms with Gasteiger partial charge in [-0.3, -0.25) is 0 Å². The number of hydrogen-bond acceptors (Lipinski definition) is 2. The van der Waals surface area contributed by atoms with Crippen molar-refractivity contribution in [2.75, 3.05) is 11.1 Å². The lowest BCUT2D eigenvalue weighted by molar-refractivity contribution is 0.152. The van der Waals surface area contributed by atoms with Crippen molar-refractivity contribution in [1.29, 1.82) is 0 Å². The molecule has 2 rings (SSSR count). The Hall–Kier alpha value is -2.10. The van der Waals surface area contributed by atoms with Crippen LogP contribution in [0, 0.1) is 0 Å². The number of nitrogens with two attached hydrogens (primary N) is 1. The Kier molecular flexibility index (Phi) is 4.56. The minimum atomic E-state index is -2.54. The molecule has 0 atom stereocenters. The number of alkyl halides is 2. The molecule has 0 heterocycles. The molecule has 0 aromatic heterocycles. The molecule has 3 N–H and O–H groups in total. The Labute approximate surface area is 117 Å². The van der Waals surface area contributed by atoms with Gasteiger partial charge in [0.05, 0.1) is 0 Å². The van der Waals surface area contributed by atoms with Gasteiger partial charge in [0.1, 0.15) is 0 Å². The second-order valence-corrected chi connectivity index (χ2v) is 4.67. The lowest BCUT2D eigenvalue weighted by atomic mass is 10.1. The van der Waals surface area contributed by atoms with Crippen LogP contribution in [0.1, 0.15) is 30.0 Å². The second-order valence-electron chi connectivity index (χ2n) is 4.67. The van der Waals surface area contributed by atoms with Crippen molar-refractivity contribution in [2.45, 2.75) is 26.3 Å². The molecule has 2 aromatic carbocycles. The van der Waals surface area contributed by atoms with Crippen LogP contribution >= 0.6 is 0 Å². The zero-order valence-corrected chi connectivity index (χ0v) is 11.4. The van der Waals surface area contributed by atoms with Crippen LogP contribution in [0.25, 0.3) is 0 Å². The highest BCUT2D eigenvalue weighted by Gasteiger charge is 2.13. The van der Waals surface area contributed by atoms with Crippen molar-refractivity contribution < 1.29 is 8.78 Å². The van der Waals surface area contributed by atoms with Gasteiger partial charge in [-0.05, 0) is 35.7 Å². The van der Waals surface area contributed by atoms with Gasteiger partial charge in [-0.25, -0.2) is 8.78 Å². The number of benzene rings is 2. The van der Waals surface area contributed by atoms with Crippen LogP contribution in [0.5, 0.6) is 0 Å². The summed E-state index contributed by atoms with van der Waals surface area (Å²) in [5, 5.41) is 3.04. The van der Waals surface area contributed by atoms with E-state index in [1.165, 1.54) is 11.6 Å². The summed E-state index contributed by atoms with van der Waals surface area (Å²) in [6.45, 7) is 2.60. The van der Waals surface area contributed by atoms with Crippen molar-refractivity contribution in [3.05, 3.63) is 59.2 Å². The Morgan fingerprint density at radius 1 is 1.05 bits per heavy atom. The molecule has 0 unspecified atom stereocenters. The Bertz CT molecular complexity index is 565. The third-order valence-corrected chi connectivity index (χ3v) is 3.22. The first-order chi connectivity index (χ1) is 9.60. The van der Waals surface area contributed by atoms with E-state index in [4.69, 9.17) is 5.73 Å². The molecule has 0 saturated carbocycles. The third kappa shape index (κ3) is 3.47. The van der Waals surface area contributed by atoms with Gasteiger partial charge in [0.25, 0.3) is 6.43 Å². The molecule has 4 heteroatoms. The molecular formula is C16H18F2N2. The van der Waals surface area contributed by atoms with Crippen LogP contribution in [-0.4, -0.2) is 0 Å². The van der Waals surface area contributed by atoms with Gasteiger partial charge in [0.15, 0.2) is 0 Å². The van der Waals surface area contributed by atoms with Gasteiger partial charge < -0.3 is 11.1 Å². The first-order valence-corrected chi connectivity index (χ1v) is 6.59. The summed E-state index contributed by atoms with van der Waals surface area (Å²) in [7, 11) is 0. The molecule has 2 nitrogen and oxygen atoms in total. The lowest BCUT2D eigenvalue weighted by Crippen LogP contribution is -2.03. The topological polar surface area (TPSA) is 38.0 Å². The maximum absolute atomic E-state index is 12.9. The van der Waals surface area contributed by atoms with Gasteiger partial charge in [-0.2, -0.15) is 0 Å². The smallest absolute Gasteiger partial charge is 0.265 e. The van der Waals surface area contributed by atoms with Gasteiger partial charge in [0, 0.05) is 23.5 Å². The highest BCUT2D eigenvalue weighted by molar-refractivity contribution is 5.58. The molecule has 2 aromatic rings. The second kappa shape index (κ2) is 6.37. The normalized spacial score (nSPS) is 10.8. The lowest BCUT2D eigenvalue weighted by Gasteiger charge is -2.12. The van der Waals surface area contributed by atoms with Gasteiger partial charge in [-0.1, -0.05) is 31.2 Å². The number of hydrogen-bond donors (Lipinski definition) is 2. The predicted molar refractivity (Wildman–Crippen MR) is 79.0 cm³/mol. The van der Waals surface area contributed by atoms with Crippen LogP contribution in [0.3, 0.4) is 0 Å². The highest BCUT2D eigenvalue weighted by Crippen LogP contribution is 2.29. The van der Waals surface area contributed by atoms with E-state index in [2.05, 4.69) is 12.2 Å². The van der Waals surface area contributed by atoms with E-state index >= 15 is 0 Å².